The van der Waals surface area contributed by atoms with E-state index in [0.717, 1.165) is 23.7 Å². The molecule has 0 aliphatic carbocycles. The van der Waals surface area contributed by atoms with Gasteiger partial charge in [-0.1, -0.05) is 15.9 Å². The van der Waals surface area contributed by atoms with Crippen LogP contribution in [-0.2, 0) is 11.3 Å². The zero-order valence-electron chi connectivity index (χ0n) is 8.58. The number of hydrogen-bond donors (Lipinski definition) is 1. The summed E-state index contributed by atoms with van der Waals surface area (Å²) in [5, 5.41) is 3.84. The summed E-state index contributed by atoms with van der Waals surface area (Å²) in [6.45, 7) is 0.593. The van der Waals surface area contributed by atoms with E-state index in [1.54, 1.807) is 12.4 Å². The minimum Gasteiger partial charge on any atom is -0.352 e. The minimum absolute atomic E-state index is 0.118. The summed E-state index contributed by atoms with van der Waals surface area (Å²) in [5.74, 6) is 0.118. The van der Waals surface area contributed by atoms with Crippen molar-refractivity contribution in [1.82, 2.24) is 10.3 Å². The molecule has 1 aromatic heterocycles. The van der Waals surface area contributed by atoms with E-state index in [0.29, 0.717) is 13.0 Å². The summed E-state index contributed by atoms with van der Waals surface area (Å²) < 4.78 is 0. The minimum atomic E-state index is 0.118. The molecule has 4 heteroatoms. The first-order valence-electron chi connectivity index (χ1n) is 5.04. The highest BCUT2D eigenvalue weighted by atomic mass is 79.9. The predicted molar refractivity (Wildman–Crippen MR) is 63.7 cm³/mol. The fourth-order valence-corrected chi connectivity index (χ4v) is 1.57. The van der Waals surface area contributed by atoms with Gasteiger partial charge in [-0.2, -0.15) is 0 Å². The third-order valence-electron chi connectivity index (χ3n) is 2.03. The van der Waals surface area contributed by atoms with Crippen molar-refractivity contribution in [3.05, 3.63) is 30.1 Å². The SMILES string of the molecule is O=C(CCCCBr)NCc1ccncc1. The van der Waals surface area contributed by atoms with E-state index >= 15 is 0 Å². The normalized spacial score (nSPS) is 9.93. The lowest BCUT2D eigenvalue weighted by molar-refractivity contribution is -0.121. The molecule has 1 aromatic rings. The van der Waals surface area contributed by atoms with Crippen molar-refractivity contribution >= 4 is 21.8 Å². The van der Waals surface area contributed by atoms with Crippen molar-refractivity contribution in [2.45, 2.75) is 25.8 Å². The lowest BCUT2D eigenvalue weighted by Crippen LogP contribution is -2.22. The fraction of sp³-hybridized carbons (Fsp3) is 0.455. The Hall–Kier alpha value is -0.900. The van der Waals surface area contributed by atoms with Crippen molar-refractivity contribution in [3.63, 3.8) is 0 Å². The fourth-order valence-electron chi connectivity index (χ4n) is 1.17. The molecule has 15 heavy (non-hydrogen) atoms. The maximum absolute atomic E-state index is 11.3. The van der Waals surface area contributed by atoms with Gasteiger partial charge in [0.15, 0.2) is 0 Å². The van der Waals surface area contributed by atoms with Crippen molar-refractivity contribution < 1.29 is 4.79 Å². The van der Waals surface area contributed by atoms with Crippen molar-refractivity contribution in [2.75, 3.05) is 5.33 Å². The van der Waals surface area contributed by atoms with Crippen LogP contribution in [0.4, 0.5) is 0 Å². The van der Waals surface area contributed by atoms with Gasteiger partial charge in [0.05, 0.1) is 0 Å². The third-order valence-corrected chi connectivity index (χ3v) is 2.59. The standard InChI is InChI=1S/C11H15BrN2O/c12-6-2-1-3-11(15)14-9-10-4-7-13-8-5-10/h4-5,7-8H,1-3,6,9H2,(H,14,15). The molecule has 0 fully saturated rings. The second kappa shape index (κ2) is 7.40. The molecule has 0 saturated heterocycles. The van der Waals surface area contributed by atoms with E-state index in [-0.39, 0.29) is 5.91 Å². The smallest absolute Gasteiger partial charge is 0.220 e. The molecule has 1 heterocycles. The Morgan fingerprint density at radius 1 is 1.33 bits per heavy atom. The number of aromatic nitrogens is 1. The summed E-state index contributed by atoms with van der Waals surface area (Å²) >= 11 is 3.34. The van der Waals surface area contributed by atoms with Crippen LogP contribution in [-0.4, -0.2) is 16.2 Å². The van der Waals surface area contributed by atoms with E-state index < -0.39 is 0 Å². The number of unbranched alkanes of at least 4 members (excludes halogenated alkanes) is 1. The average molecular weight is 271 g/mol. The maximum atomic E-state index is 11.3. The van der Waals surface area contributed by atoms with Gasteiger partial charge < -0.3 is 5.32 Å². The molecule has 1 amide bonds. The quantitative estimate of drug-likeness (QED) is 0.637. The van der Waals surface area contributed by atoms with Crippen LogP contribution in [0.25, 0.3) is 0 Å². The summed E-state index contributed by atoms with van der Waals surface area (Å²) in [6, 6.07) is 3.80. The Bertz CT molecular complexity index is 290. The number of nitrogens with zero attached hydrogens (tertiary/aromatic N) is 1. The molecule has 0 aromatic carbocycles. The molecule has 0 aliphatic heterocycles. The first kappa shape index (κ1) is 12.2. The van der Waals surface area contributed by atoms with Gasteiger partial charge >= 0.3 is 0 Å². The van der Waals surface area contributed by atoms with E-state index in [9.17, 15) is 4.79 Å². The Balaban J connectivity index is 2.17. The van der Waals surface area contributed by atoms with Crippen LogP contribution in [0.15, 0.2) is 24.5 Å². The van der Waals surface area contributed by atoms with Gasteiger partial charge in [0.1, 0.15) is 0 Å². The summed E-state index contributed by atoms with van der Waals surface area (Å²) in [7, 11) is 0. The Morgan fingerprint density at radius 3 is 2.73 bits per heavy atom. The topological polar surface area (TPSA) is 42.0 Å². The number of alkyl halides is 1. The van der Waals surface area contributed by atoms with Gasteiger partial charge in [-0.15, -0.1) is 0 Å². The molecule has 0 atom stereocenters. The van der Waals surface area contributed by atoms with Crippen molar-refractivity contribution in [3.8, 4) is 0 Å². The van der Waals surface area contributed by atoms with Gasteiger partial charge in [0, 0.05) is 30.7 Å². The molecule has 3 nitrogen and oxygen atoms in total. The van der Waals surface area contributed by atoms with Gasteiger partial charge in [0.2, 0.25) is 5.91 Å². The summed E-state index contributed by atoms with van der Waals surface area (Å²) in [4.78, 5) is 15.3. The van der Waals surface area contributed by atoms with Gasteiger partial charge in [-0.3, -0.25) is 9.78 Å². The second-order valence-electron chi connectivity index (χ2n) is 3.28. The number of halogens is 1. The summed E-state index contributed by atoms with van der Waals surface area (Å²) in [6.07, 6.45) is 6.05. The number of rotatable bonds is 6. The van der Waals surface area contributed by atoms with Crippen LogP contribution >= 0.6 is 15.9 Å². The molecular formula is C11H15BrN2O. The zero-order valence-corrected chi connectivity index (χ0v) is 10.2. The van der Waals surface area contributed by atoms with E-state index in [1.165, 1.54) is 0 Å². The van der Waals surface area contributed by atoms with Gasteiger partial charge in [0.25, 0.3) is 0 Å². The molecule has 82 valence electrons. The molecule has 0 saturated carbocycles. The first-order chi connectivity index (χ1) is 7.33. The largest absolute Gasteiger partial charge is 0.352 e. The average Bonchev–Trinajstić information content (AvgIpc) is 2.28. The maximum Gasteiger partial charge on any atom is 0.220 e. The highest BCUT2D eigenvalue weighted by Crippen LogP contribution is 1.99. The van der Waals surface area contributed by atoms with E-state index in [1.807, 2.05) is 12.1 Å². The molecule has 1 rings (SSSR count). The van der Waals surface area contributed by atoms with Crippen LogP contribution < -0.4 is 5.32 Å². The van der Waals surface area contributed by atoms with Crippen LogP contribution in [0.1, 0.15) is 24.8 Å². The molecule has 0 aliphatic rings. The van der Waals surface area contributed by atoms with Crippen LogP contribution in [0.3, 0.4) is 0 Å². The highest BCUT2D eigenvalue weighted by molar-refractivity contribution is 9.09. The lowest BCUT2D eigenvalue weighted by Gasteiger charge is -2.04. The second-order valence-corrected chi connectivity index (χ2v) is 4.07. The van der Waals surface area contributed by atoms with Crippen LogP contribution in [0.5, 0.6) is 0 Å². The highest BCUT2D eigenvalue weighted by Gasteiger charge is 2.00. The first-order valence-corrected chi connectivity index (χ1v) is 6.16. The van der Waals surface area contributed by atoms with Crippen molar-refractivity contribution in [1.29, 1.82) is 0 Å². The molecule has 0 radical (unpaired) electrons. The number of pyridine rings is 1. The zero-order chi connectivity index (χ0) is 10.9. The Morgan fingerprint density at radius 2 is 2.07 bits per heavy atom. The monoisotopic (exact) mass is 270 g/mol. The number of hydrogen-bond acceptors (Lipinski definition) is 2. The van der Waals surface area contributed by atoms with Crippen LogP contribution in [0.2, 0.25) is 0 Å². The predicted octanol–water partition coefficient (Wildman–Crippen LogP) is 2.26. The van der Waals surface area contributed by atoms with E-state index in [2.05, 4.69) is 26.2 Å². The van der Waals surface area contributed by atoms with Gasteiger partial charge in [-0.25, -0.2) is 0 Å². The lowest BCUT2D eigenvalue weighted by atomic mass is 10.2. The number of amides is 1. The Kier molecular flexibility index (Phi) is 6.00. The van der Waals surface area contributed by atoms with Crippen LogP contribution in [0, 0.1) is 0 Å². The van der Waals surface area contributed by atoms with Crippen molar-refractivity contribution in [2.24, 2.45) is 0 Å². The number of nitrogens with one attached hydrogen (secondary N) is 1. The number of carbonyl (C=O) groups is 1. The molecule has 1 N–H and O–H groups in total. The third kappa shape index (κ3) is 5.52. The molecule has 0 spiro atoms. The van der Waals surface area contributed by atoms with Gasteiger partial charge in [-0.05, 0) is 30.5 Å². The van der Waals surface area contributed by atoms with E-state index in [4.69, 9.17) is 0 Å². The summed E-state index contributed by atoms with van der Waals surface area (Å²) in [5.41, 5.74) is 1.08. The number of carbonyl (C=O) groups excluding carboxylic acids is 1. The Labute approximate surface area is 98.4 Å². The molecule has 0 unspecified atom stereocenters. The molecule has 0 bridgehead atoms. The molecular weight excluding hydrogens is 256 g/mol.